The minimum atomic E-state index is -0.172. The van der Waals surface area contributed by atoms with E-state index < -0.39 is 0 Å². The Morgan fingerprint density at radius 1 is 1.15 bits per heavy atom. The van der Waals surface area contributed by atoms with Gasteiger partial charge in [0.2, 0.25) is 0 Å². The Morgan fingerprint density at radius 3 is 2.60 bits per heavy atom. The van der Waals surface area contributed by atoms with Crippen molar-refractivity contribution >= 4 is 53.8 Å². The molecule has 1 saturated heterocycles. The molecule has 9 heteroatoms. The second kappa shape index (κ2) is 11.5. The van der Waals surface area contributed by atoms with Gasteiger partial charge in [-0.1, -0.05) is 0 Å². The van der Waals surface area contributed by atoms with Crippen LogP contribution in [0.15, 0.2) is 42.5 Å². The predicted octanol–water partition coefficient (Wildman–Crippen LogP) is 4.28. The zero-order valence-electron chi connectivity index (χ0n) is 23.5. The van der Waals surface area contributed by atoms with E-state index in [0.717, 1.165) is 64.4 Å². The predicted molar refractivity (Wildman–Crippen MR) is 165 cm³/mol. The van der Waals surface area contributed by atoms with Gasteiger partial charge in [-0.3, -0.25) is 0 Å². The first kappa shape index (κ1) is 27.9. The molecule has 1 aromatic heterocycles. The molecule has 0 spiro atoms. The number of hydrogen-bond donors (Lipinski definition) is 3. The minimum absolute atomic E-state index is 0.0371. The number of nitrogens with one attached hydrogen (secondary N) is 3. The Balaban J connectivity index is 1.41. The van der Waals surface area contributed by atoms with E-state index in [0.29, 0.717) is 29.2 Å². The zero-order valence-corrected chi connectivity index (χ0v) is 24.3. The summed E-state index contributed by atoms with van der Waals surface area (Å²) in [7, 11) is 6.36. The summed E-state index contributed by atoms with van der Waals surface area (Å²) in [6.07, 6.45) is 2.71. The maximum atomic E-state index is 13.4. The molecule has 1 atom stereocenters. The van der Waals surface area contributed by atoms with Gasteiger partial charge in [0.1, 0.15) is 0 Å². The van der Waals surface area contributed by atoms with Crippen molar-refractivity contribution in [3.8, 4) is 0 Å². The molecule has 3 aromatic rings. The van der Waals surface area contributed by atoms with Gasteiger partial charge in [-0.05, 0) is 7.05 Å². The van der Waals surface area contributed by atoms with Crippen LogP contribution >= 0.6 is 11.6 Å². The fourth-order valence-corrected chi connectivity index (χ4v) is 5.71. The Kier molecular flexibility index (Phi) is 8.01. The third-order valence-electron chi connectivity index (χ3n) is 7.93. The second-order valence-electron chi connectivity index (χ2n) is 10.7. The van der Waals surface area contributed by atoms with Gasteiger partial charge in [0.25, 0.3) is 0 Å². The zero-order chi connectivity index (χ0) is 28.6. The number of carbonyl (C=O) groups excluding carboxylic acids is 2. The summed E-state index contributed by atoms with van der Waals surface area (Å²) >= 11 is 6.22. The SMILES string of the molecule is B=C(NC(CC)c1cccc(Cl)c1)c1ccc2c(c1)/C(=C/c1[nH]c(C)c(C(=O)N3CCN(C)CC3)c1C)C(=O)N2. The first-order valence-electron chi connectivity index (χ1n) is 13.7. The molecule has 0 saturated carbocycles. The molecule has 7 nitrogen and oxygen atoms in total. The Bertz CT molecular complexity index is 1520. The van der Waals surface area contributed by atoms with Crippen molar-refractivity contribution in [3.05, 3.63) is 86.7 Å². The molecule has 2 aromatic carbocycles. The summed E-state index contributed by atoms with van der Waals surface area (Å²) in [6.45, 7) is 9.12. The number of carbonyl (C=O) groups is 2. The maximum absolute atomic E-state index is 13.4. The number of anilines is 1. The molecule has 5 rings (SSSR count). The average Bonchev–Trinajstić information content (AvgIpc) is 3.40. The van der Waals surface area contributed by atoms with Crippen molar-refractivity contribution in [2.75, 3.05) is 38.5 Å². The first-order valence-corrected chi connectivity index (χ1v) is 14.1. The number of aromatic nitrogens is 1. The molecule has 1 unspecified atom stereocenters. The molecule has 40 heavy (non-hydrogen) atoms. The molecular formula is C31H35BClN5O2. The monoisotopic (exact) mass is 555 g/mol. The summed E-state index contributed by atoms with van der Waals surface area (Å²) in [5.74, 6) is -0.134. The molecule has 206 valence electrons. The van der Waals surface area contributed by atoms with Gasteiger partial charge in [0.15, 0.2) is 0 Å². The Hall–Kier alpha value is -3.62. The second-order valence-corrected chi connectivity index (χ2v) is 11.1. The molecule has 0 aliphatic carbocycles. The van der Waals surface area contributed by atoms with Crippen LogP contribution in [0.4, 0.5) is 5.69 Å². The number of H-pyrrole nitrogens is 1. The summed E-state index contributed by atoms with van der Waals surface area (Å²) in [6, 6.07) is 13.7. The fraction of sp³-hybridized carbons (Fsp3) is 0.323. The van der Waals surface area contributed by atoms with Crippen LogP contribution in [-0.4, -0.2) is 72.9 Å². The number of likely N-dealkylation sites (N-methyl/N-ethyl adjacent to an activating group) is 1. The van der Waals surface area contributed by atoms with E-state index in [1.165, 1.54) is 0 Å². The molecule has 2 aliphatic rings. The van der Waals surface area contributed by atoms with Gasteiger partial charge in [0.05, 0.1) is 0 Å². The van der Waals surface area contributed by atoms with Crippen LogP contribution in [0.3, 0.4) is 0 Å². The number of amides is 2. The van der Waals surface area contributed by atoms with Crippen LogP contribution < -0.4 is 10.6 Å². The van der Waals surface area contributed by atoms with E-state index in [-0.39, 0.29) is 17.9 Å². The van der Waals surface area contributed by atoms with Crippen LogP contribution in [-0.2, 0) is 4.79 Å². The Labute approximate surface area is 241 Å². The number of nitrogens with zero attached hydrogens (tertiary/aromatic N) is 2. The van der Waals surface area contributed by atoms with E-state index in [1.807, 2.05) is 61.2 Å². The molecule has 2 aliphatic heterocycles. The summed E-state index contributed by atoms with van der Waals surface area (Å²) in [5.41, 5.74) is 7.98. The number of piperazine rings is 1. The number of halogens is 1. The summed E-state index contributed by atoms with van der Waals surface area (Å²) in [5, 5.41) is 7.20. The number of hydrogen-bond acceptors (Lipinski definition) is 4. The van der Waals surface area contributed by atoms with Crippen LogP contribution in [0.1, 0.15) is 63.4 Å². The molecule has 3 heterocycles. The fourth-order valence-electron chi connectivity index (χ4n) is 5.51. The molecule has 0 bridgehead atoms. The van der Waals surface area contributed by atoms with Gasteiger partial charge < -0.3 is 4.90 Å². The van der Waals surface area contributed by atoms with E-state index in [4.69, 9.17) is 11.6 Å². The van der Waals surface area contributed by atoms with Crippen molar-refractivity contribution in [2.24, 2.45) is 0 Å². The van der Waals surface area contributed by atoms with Gasteiger partial charge in [-0.15, -0.1) is 0 Å². The molecule has 2 amide bonds. The van der Waals surface area contributed by atoms with Crippen molar-refractivity contribution < 1.29 is 9.59 Å². The third-order valence-corrected chi connectivity index (χ3v) is 8.16. The van der Waals surface area contributed by atoms with Gasteiger partial charge >= 0.3 is 217 Å². The molecule has 0 radical (unpaired) electrons. The van der Waals surface area contributed by atoms with Crippen LogP contribution in [0.5, 0.6) is 0 Å². The van der Waals surface area contributed by atoms with E-state index in [1.54, 1.807) is 0 Å². The number of rotatable bonds is 7. The number of benzene rings is 2. The van der Waals surface area contributed by atoms with Gasteiger partial charge in [-0.25, -0.2) is 0 Å². The first-order chi connectivity index (χ1) is 19.2. The molecular weight excluding hydrogens is 521 g/mol. The summed E-state index contributed by atoms with van der Waals surface area (Å²) < 4.78 is 0. The van der Waals surface area contributed by atoms with Crippen LogP contribution in [0.25, 0.3) is 11.6 Å². The molecule has 1 fully saturated rings. The van der Waals surface area contributed by atoms with Crippen molar-refractivity contribution in [1.29, 1.82) is 0 Å². The van der Waals surface area contributed by atoms with E-state index in [2.05, 4.69) is 48.0 Å². The number of aryl methyl sites for hydroxylation is 1. The Morgan fingerprint density at radius 2 is 1.90 bits per heavy atom. The van der Waals surface area contributed by atoms with Gasteiger partial charge in [0, 0.05) is 13.1 Å². The summed E-state index contributed by atoms with van der Waals surface area (Å²) in [4.78, 5) is 33.9. The van der Waals surface area contributed by atoms with E-state index >= 15 is 0 Å². The topological polar surface area (TPSA) is 80.5 Å². The third kappa shape index (κ3) is 5.51. The van der Waals surface area contributed by atoms with Crippen molar-refractivity contribution in [2.45, 2.75) is 33.2 Å². The van der Waals surface area contributed by atoms with Crippen molar-refractivity contribution in [1.82, 2.24) is 20.1 Å². The van der Waals surface area contributed by atoms with Crippen LogP contribution in [0.2, 0.25) is 5.02 Å². The molecule has 3 N–H and O–H groups in total. The normalized spacial score (nSPS) is 17.1. The van der Waals surface area contributed by atoms with Crippen LogP contribution in [0, 0.1) is 13.8 Å². The van der Waals surface area contributed by atoms with Gasteiger partial charge in [-0.2, -0.15) is 0 Å². The standard InChI is InChI=1S/C31H35BClN5O2/c1-5-25(20-7-6-8-22(33)15-20)35-29(32)21-9-10-26-23(16-21)24(30(39)36-26)17-27-18(2)28(19(3)34-27)31(40)38-13-11-37(4)12-14-38/h6-10,15-17,25,32,34-35H,5,11-14H2,1-4H3,(H,36,39)/b24-17-. The number of fused-ring (bicyclic) bond motifs is 1. The average molecular weight is 556 g/mol. The van der Waals surface area contributed by atoms with Crippen molar-refractivity contribution in [3.63, 3.8) is 0 Å². The quantitative estimate of drug-likeness (QED) is 0.300. The van der Waals surface area contributed by atoms with E-state index in [9.17, 15) is 9.59 Å². The number of aromatic amines is 1.